The number of likely N-dealkylation sites (tertiary alicyclic amines) is 1. The van der Waals surface area contributed by atoms with Crippen molar-refractivity contribution in [3.05, 3.63) is 35.6 Å². The van der Waals surface area contributed by atoms with Gasteiger partial charge < -0.3 is 19.2 Å². The Bertz CT molecular complexity index is 662. The highest BCUT2D eigenvalue weighted by Gasteiger charge is 2.42. The molecular weight excluding hydrogens is 315 g/mol. The molecule has 0 unspecified atom stereocenters. The van der Waals surface area contributed by atoms with Gasteiger partial charge in [-0.3, -0.25) is 4.79 Å². The number of carbonyl (C=O) groups is 1. The summed E-state index contributed by atoms with van der Waals surface area (Å²) in [7, 11) is 0. The molecule has 24 heavy (non-hydrogen) atoms. The molecule has 2 saturated heterocycles. The fourth-order valence-electron chi connectivity index (χ4n) is 3.41. The van der Waals surface area contributed by atoms with Gasteiger partial charge in [0.2, 0.25) is 6.10 Å². The predicted octanol–water partition coefficient (Wildman–Crippen LogP) is 1.68. The van der Waals surface area contributed by atoms with Crippen LogP contribution in [0.2, 0.25) is 0 Å². The zero-order chi connectivity index (χ0) is 16.6. The van der Waals surface area contributed by atoms with Crippen LogP contribution in [0.3, 0.4) is 0 Å². The minimum Gasteiger partial charge on any atom is -0.382 e. The van der Waals surface area contributed by atoms with Crippen LogP contribution in [0.25, 0.3) is 0 Å². The molecule has 128 valence electrons. The molecule has 2 fully saturated rings. The van der Waals surface area contributed by atoms with Gasteiger partial charge in [-0.15, -0.1) is 0 Å². The maximum atomic E-state index is 13.3. The summed E-state index contributed by atoms with van der Waals surface area (Å²) < 4.78 is 24.7. The van der Waals surface area contributed by atoms with E-state index in [0.717, 1.165) is 0 Å². The Morgan fingerprint density at radius 1 is 1.25 bits per heavy atom. The molecule has 0 aliphatic carbocycles. The van der Waals surface area contributed by atoms with Crippen LogP contribution in [-0.2, 0) is 19.1 Å². The lowest BCUT2D eigenvalue weighted by molar-refractivity contribution is -0.189. The molecule has 0 aromatic heterocycles. The minimum absolute atomic E-state index is 0.0852. The van der Waals surface area contributed by atoms with Gasteiger partial charge in [0.05, 0.1) is 18.9 Å². The predicted molar refractivity (Wildman–Crippen MR) is 82.9 cm³/mol. The van der Waals surface area contributed by atoms with Crippen LogP contribution in [0.5, 0.6) is 0 Å². The highest BCUT2D eigenvalue weighted by atomic mass is 19.1. The molecule has 3 aliphatic rings. The van der Waals surface area contributed by atoms with Crippen molar-refractivity contribution >= 4 is 11.6 Å². The fraction of sp³-hybridized carbons (Fsp3) is 0.529. The SMILES string of the molecule is O=C([C@@H]1CC(c2cccc(F)c2)=NO1)N1CCC2(CC1)OCCO2. The maximum absolute atomic E-state index is 13.3. The first-order valence-corrected chi connectivity index (χ1v) is 8.21. The second kappa shape index (κ2) is 6.14. The fourth-order valence-corrected chi connectivity index (χ4v) is 3.41. The molecule has 0 N–H and O–H groups in total. The van der Waals surface area contributed by atoms with Crippen LogP contribution in [0.4, 0.5) is 4.39 Å². The third-order valence-corrected chi connectivity index (χ3v) is 4.75. The molecule has 3 heterocycles. The third kappa shape index (κ3) is 2.89. The van der Waals surface area contributed by atoms with Crippen LogP contribution in [0, 0.1) is 5.82 Å². The van der Waals surface area contributed by atoms with Gasteiger partial charge in [-0.2, -0.15) is 0 Å². The summed E-state index contributed by atoms with van der Waals surface area (Å²) in [6, 6.07) is 6.15. The number of oxime groups is 1. The molecule has 1 atom stereocenters. The van der Waals surface area contributed by atoms with Crippen molar-refractivity contribution in [2.75, 3.05) is 26.3 Å². The Hall–Kier alpha value is -1.99. The smallest absolute Gasteiger partial charge is 0.266 e. The zero-order valence-corrected chi connectivity index (χ0v) is 13.2. The van der Waals surface area contributed by atoms with E-state index < -0.39 is 11.9 Å². The molecular formula is C17H19FN2O4. The summed E-state index contributed by atoms with van der Waals surface area (Å²) in [6.45, 7) is 2.39. The molecule has 1 aromatic rings. The van der Waals surface area contributed by atoms with E-state index in [4.69, 9.17) is 14.3 Å². The number of benzene rings is 1. The molecule has 4 rings (SSSR count). The van der Waals surface area contributed by atoms with Crippen LogP contribution in [-0.4, -0.2) is 54.7 Å². The molecule has 3 aliphatic heterocycles. The lowest BCUT2D eigenvalue weighted by atomic mass is 10.0. The third-order valence-electron chi connectivity index (χ3n) is 4.75. The number of piperidine rings is 1. The number of halogens is 1. The monoisotopic (exact) mass is 334 g/mol. The van der Waals surface area contributed by atoms with E-state index in [1.165, 1.54) is 12.1 Å². The number of hydrogen-bond acceptors (Lipinski definition) is 5. The highest BCUT2D eigenvalue weighted by Crippen LogP contribution is 2.32. The summed E-state index contributed by atoms with van der Waals surface area (Å²) in [4.78, 5) is 19.7. The van der Waals surface area contributed by atoms with Gasteiger partial charge in [-0.1, -0.05) is 17.3 Å². The zero-order valence-electron chi connectivity index (χ0n) is 13.2. The average Bonchev–Trinajstić information content (AvgIpc) is 3.25. The first kappa shape index (κ1) is 15.5. The van der Waals surface area contributed by atoms with Crippen LogP contribution < -0.4 is 0 Å². The summed E-state index contributed by atoms with van der Waals surface area (Å²) >= 11 is 0. The van der Waals surface area contributed by atoms with Crippen molar-refractivity contribution in [3.63, 3.8) is 0 Å². The van der Waals surface area contributed by atoms with E-state index in [9.17, 15) is 9.18 Å². The molecule has 7 heteroatoms. The maximum Gasteiger partial charge on any atom is 0.266 e. The lowest BCUT2D eigenvalue weighted by Crippen LogP contribution is -2.50. The van der Waals surface area contributed by atoms with Gasteiger partial charge in [0.15, 0.2) is 5.79 Å². The minimum atomic E-state index is -0.636. The Morgan fingerprint density at radius 3 is 2.71 bits per heavy atom. The van der Waals surface area contributed by atoms with Gasteiger partial charge in [0.1, 0.15) is 5.82 Å². The van der Waals surface area contributed by atoms with Crippen LogP contribution >= 0.6 is 0 Å². The van der Waals surface area contributed by atoms with Crippen LogP contribution in [0.15, 0.2) is 29.4 Å². The number of amides is 1. The number of hydrogen-bond donors (Lipinski definition) is 0. The van der Waals surface area contributed by atoms with Gasteiger partial charge >= 0.3 is 0 Å². The second-order valence-corrected chi connectivity index (χ2v) is 6.28. The molecule has 0 saturated carbocycles. The van der Waals surface area contributed by atoms with E-state index in [1.807, 2.05) is 0 Å². The Kier molecular flexibility index (Phi) is 3.97. The Balaban J connectivity index is 1.35. The summed E-state index contributed by atoms with van der Waals surface area (Å²) in [6.07, 6.45) is 1.06. The number of nitrogens with zero attached hydrogens (tertiary/aromatic N) is 2. The lowest BCUT2D eigenvalue weighted by Gasteiger charge is -2.38. The number of ether oxygens (including phenoxy) is 2. The van der Waals surface area contributed by atoms with Gasteiger partial charge in [-0.05, 0) is 12.1 Å². The van der Waals surface area contributed by atoms with Crippen molar-refractivity contribution in [2.45, 2.75) is 31.2 Å². The molecule has 6 nitrogen and oxygen atoms in total. The summed E-state index contributed by atoms with van der Waals surface area (Å²) in [5.41, 5.74) is 1.25. The van der Waals surface area contributed by atoms with Crippen molar-refractivity contribution in [1.82, 2.24) is 4.90 Å². The molecule has 1 spiro atoms. The van der Waals surface area contributed by atoms with Gasteiger partial charge in [0.25, 0.3) is 5.91 Å². The molecule has 1 amide bonds. The summed E-state index contributed by atoms with van der Waals surface area (Å²) in [5, 5.41) is 3.97. The molecule has 1 aromatic carbocycles. The second-order valence-electron chi connectivity index (χ2n) is 6.28. The first-order valence-electron chi connectivity index (χ1n) is 8.21. The van der Waals surface area contributed by atoms with E-state index >= 15 is 0 Å². The standard InChI is InChI=1S/C17H19FN2O4/c18-13-3-1-2-12(10-13)14-11-15(24-19-14)16(21)20-6-4-17(5-7-20)22-8-9-23-17/h1-3,10,15H,4-9,11H2/t15-/m0/s1. The van der Waals surface area contributed by atoms with E-state index in [-0.39, 0.29) is 11.7 Å². The first-order chi connectivity index (χ1) is 11.7. The van der Waals surface area contributed by atoms with Crippen molar-refractivity contribution in [3.8, 4) is 0 Å². The average molecular weight is 334 g/mol. The highest BCUT2D eigenvalue weighted by molar-refractivity contribution is 6.04. The Morgan fingerprint density at radius 2 is 2.00 bits per heavy atom. The van der Waals surface area contributed by atoms with Crippen molar-refractivity contribution in [1.29, 1.82) is 0 Å². The van der Waals surface area contributed by atoms with E-state index in [1.54, 1.807) is 17.0 Å². The topological polar surface area (TPSA) is 60.4 Å². The molecule has 0 bridgehead atoms. The summed E-state index contributed by atoms with van der Waals surface area (Å²) in [5.74, 6) is -0.919. The van der Waals surface area contributed by atoms with Crippen molar-refractivity contribution < 1.29 is 23.5 Å². The number of rotatable bonds is 2. The quantitative estimate of drug-likeness (QED) is 0.826. The van der Waals surface area contributed by atoms with E-state index in [0.29, 0.717) is 56.8 Å². The Labute approximate surface area is 139 Å². The van der Waals surface area contributed by atoms with E-state index in [2.05, 4.69) is 5.16 Å². The number of carbonyl (C=O) groups excluding carboxylic acids is 1. The normalized spacial score (nSPS) is 25.6. The van der Waals surface area contributed by atoms with Crippen molar-refractivity contribution in [2.24, 2.45) is 5.16 Å². The van der Waals surface area contributed by atoms with Crippen LogP contribution in [0.1, 0.15) is 24.8 Å². The largest absolute Gasteiger partial charge is 0.382 e. The molecule has 0 radical (unpaired) electrons. The van der Waals surface area contributed by atoms with Gasteiger partial charge in [0, 0.05) is 37.9 Å². The van der Waals surface area contributed by atoms with Gasteiger partial charge in [-0.25, -0.2) is 4.39 Å².